The Kier molecular flexibility index (Phi) is 7.13. The number of aromatic nitrogens is 2. The third-order valence-corrected chi connectivity index (χ3v) is 8.59. The molecule has 0 unspecified atom stereocenters. The Morgan fingerprint density at radius 3 is 2.12 bits per heavy atom. The number of rotatable bonds is 9. The Morgan fingerprint density at radius 2 is 1.59 bits per heavy atom. The van der Waals surface area contributed by atoms with Crippen LogP contribution in [0.4, 0.5) is 4.39 Å². The normalized spacial score (nSPS) is 13.4. The summed E-state index contributed by atoms with van der Waals surface area (Å²) in [4.78, 5) is 4.03. The first kappa shape index (κ1) is 24.1. The first-order valence-electron chi connectivity index (χ1n) is 9.96. The van der Waals surface area contributed by atoms with Crippen molar-refractivity contribution >= 4 is 20.0 Å². The van der Waals surface area contributed by atoms with E-state index in [1.165, 1.54) is 53.0 Å². The summed E-state index contributed by atoms with van der Waals surface area (Å²) in [6.45, 7) is 4.05. The number of hydrogen-bond acceptors (Lipinski definition) is 5. The van der Waals surface area contributed by atoms with Gasteiger partial charge in [0.1, 0.15) is 17.7 Å². The highest BCUT2D eigenvalue weighted by Gasteiger charge is 2.28. The number of hydrogen-bond donors (Lipinski definition) is 1. The lowest BCUT2D eigenvalue weighted by atomic mass is 10.1. The number of nitrogens with zero attached hydrogens (tertiary/aromatic N) is 3. The second-order valence-corrected chi connectivity index (χ2v) is 10.7. The lowest BCUT2D eigenvalue weighted by molar-refractivity contribution is 0.445. The molecule has 1 aromatic heterocycles. The van der Waals surface area contributed by atoms with Crippen molar-refractivity contribution < 1.29 is 21.2 Å². The van der Waals surface area contributed by atoms with Gasteiger partial charge in [0.15, 0.2) is 0 Å². The van der Waals surface area contributed by atoms with Crippen LogP contribution in [0.15, 0.2) is 70.7 Å². The van der Waals surface area contributed by atoms with Crippen LogP contribution in [0.3, 0.4) is 0 Å². The molecule has 2 aromatic carbocycles. The molecule has 0 amide bonds. The smallest absolute Gasteiger partial charge is 0.243 e. The maximum Gasteiger partial charge on any atom is 0.243 e. The quantitative estimate of drug-likeness (QED) is 0.507. The third-order valence-electron chi connectivity index (χ3n) is 5.08. The Morgan fingerprint density at radius 1 is 1.00 bits per heavy atom. The summed E-state index contributed by atoms with van der Waals surface area (Å²) in [5.41, 5.74) is 0.117. The van der Waals surface area contributed by atoms with Crippen LogP contribution in [-0.4, -0.2) is 43.8 Å². The average molecular weight is 481 g/mol. The van der Waals surface area contributed by atoms with Crippen molar-refractivity contribution in [1.82, 2.24) is 18.6 Å². The molecule has 0 fully saturated rings. The highest BCUT2D eigenvalue weighted by Crippen LogP contribution is 2.26. The molecule has 1 N–H and O–H groups in total. The monoisotopic (exact) mass is 480 g/mol. The largest absolute Gasteiger partial charge is 0.336 e. The molecule has 0 radical (unpaired) electrons. The molecular weight excluding hydrogens is 455 g/mol. The van der Waals surface area contributed by atoms with Crippen molar-refractivity contribution in [3.05, 3.63) is 78.1 Å². The van der Waals surface area contributed by atoms with Gasteiger partial charge in [-0.1, -0.05) is 32.0 Å². The SMILES string of the molecule is CCN(CC)S(=O)(=O)c1ccc(S(=O)(=O)N[C@H](c2ccccc2F)c2nccn2C)cc1. The van der Waals surface area contributed by atoms with Gasteiger partial charge in [-0.15, -0.1) is 0 Å². The summed E-state index contributed by atoms with van der Waals surface area (Å²) in [5, 5.41) is 0. The summed E-state index contributed by atoms with van der Waals surface area (Å²) in [6, 6.07) is 9.70. The molecule has 32 heavy (non-hydrogen) atoms. The topological polar surface area (TPSA) is 101 Å². The second kappa shape index (κ2) is 9.49. The minimum absolute atomic E-state index is 0.00472. The van der Waals surface area contributed by atoms with E-state index in [0.717, 1.165) is 0 Å². The third kappa shape index (κ3) is 4.75. The van der Waals surface area contributed by atoms with Gasteiger partial charge in [0, 0.05) is 38.1 Å². The van der Waals surface area contributed by atoms with Crippen molar-refractivity contribution in [3.8, 4) is 0 Å². The fourth-order valence-electron chi connectivity index (χ4n) is 3.35. The predicted molar refractivity (Wildman–Crippen MR) is 118 cm³/mol. The van der Waals surface area contributed by atoms with Crippen molar-refractivity contribution in [1.29, 1.82) is 0 Å². The van der Waals surface area contributed by atoms with Gasteiger partial charge >= 0.3 is 0 Å². The van der Waals surface area contributed by atoms with E-state index in [4.69, 9.17) is 0 Å². The highest BCUT2D eigenvalue weighted by molar-refractivity contribution is 7.89. The lowest BCUT2D eigenvalue weighted by Crippen LogP contribution is -2.32. The number of aryl methyl sites for hydroxylation is 1. The van der Waals surface area contributed by atoms with Crippen molar-refractivity contribution in [3.63, 3.8) is 0 Å². The minimum Gasteiger partial charge on any atom is -0.336 e. The van der Waals surface area contributed by atoms with E-state index >= 15 is 0 Å². The fraction of sp³-hybridized carbons (Fsp3) is 0.286. The summed E-state index contributed by atoms with van der Waals surface area (Å²) < 4.78 is 71.4. The molecule has 1 heterocycles. The summed E-state index contributed by atoms with van der Waals surface area (Å²) >= 11 is 0. The van der Waals surface area contributed by atoms with Gasteiger partial charge in [0.05, 0.1) is 9.79 Å². The van der Waals surface area contributed by atoms with E-state index in [9.17, 15) is 21.2 Å². The van der Waals surface area contributed by atoms with Crippen molar-refractivity contribution in [2.75, 3.05) is 13.1 Å². The Hall–Kier alpha value is -2.60. The van der Waals surface area contributed by atoms with Gasteiger partial charge in [0.2, 0.25) is 20.0 Å². The first-order valence-corrected chi connectivity index (χ1v) is 12.9. The summed E-state index contributed by atoms with van der Waals surface area (Å²) in [7, 11) is -6.18. The molecule has 0 saturated heterocycles. The summed E-state index contributed by atoms with van der Waals surface area (Å²) in [6.07, 6.45) is 3.12. The van der Waals surface area contributed by atoms with Crippen LogP contribution in [0.2, 0.25) is 0 Å². The highest BCUT2D eigenvalue weighted by atomic mass is 32.2. The van der Waals surface area contributed by atoms with E-state index < -0.39 is 31.9 Å². The molecule has 0 spiro atoms. The molecule has 8 nitrogen and oxygen atoms in total. The van der Waals surface area contributed by atoms with Crippen LogP contribution in [-0.2, 0) is 27.1 Å². The van der Waals surface area contributed by atoms with Crippen LogP contribution in [0.1, 0.15) is 31.3 Å². The van der Waals surface area contributed by atoms with Crippen LogP contribution in [0.25, 0.3) is 0 Å². The molecule has 11 heteroatoms. The van der Waals surface area contributed by atoms with E-state index in [2.05, 4.69) is 9.71 Å². The zero-order valence-corrected chi connectivity index (χ0v) is 19.6. The maximum atomic E-state index is 14.5. The van der Waals surface area contributed by atoms with E-state index in [-0.39, 0.29) is 15.4 Å². The van der Waals surface area contributed by atoms with Crippen LogP contribution in [0.5, 0.6) is 0 Å². The average Bonchev–Trinajstić information content (AvgIpc) is 3.19. The number of sulfonamides is 2. The number of nitrogens with one attached hydrogen (secondary N) is 1. The van der Waals surface area contributed by atoms with Gasteiger partial charge in [-0.2, -0.15) is 9.03 Å². The Bertz CT molecular complexity index is 1290. The number of benzene rings is 2. The van der Waals surface area contributed by atoms with E-state index in [1.54, 1.807) is 37.7 Å². The Labute approximate surface area is 187 Å². The van der Waals surface area contributed by atoms with Gasteiger partial charge in [0.25, 0.3) is 0 Å². The lowest BCUT2D eigenvalue weighted by Gasteiger charge is -2.20. The van der Waals surface area contributed by atoms with Crippen LogP contribution in [0, 0.1) is 5.82 Å². The molecule has 0 bridgehead atoms. The van der Waals surface area contributed by atoms with Crippen LogP contribution >= 0.6 is 0 Å². The first-order chi connectivity index (χ1) is 15.1. The molecule has 3 rings (SSSR count). The molecule has 0 aliphatic rings. The molecule has 1 atom stereocenters. The van der Waals surface area contributed by atoms with E-state index in [0.29, 0.717) is 18.9 Å². The van der Waals surface area contributed by atoms with Gasteiger partial charge < -0.3 is 4.57 Å². The summed E-state index contributed by atoms with van der Waals surface area (Å²) in [5.74, 6) is -0.275. The number of imidazole rings is 1. The second-order valence-electron chi connectivity index (χ2n) is 7.03. The predicted octanol–water partition coefficient (Wildman–Crippen LogP) is 2.66. The molecule has 172 valence electrons. The Balaban J connectivity index is 1.98. The molecule has 0 aliphatic carbocycles. The van der Waals surface area contributed by atoms with Crippen molar-refractivity contribution in [2.24, 2.45) is 7.05 Å². The van der Waals surface area contributed by atoms with Crippen molar-refractivity contribution in [2.45, 2.75) is 29.7 Å². The zero-order chi connectivity index (χ0) is 23.5. The van der Waals surface area contributed by atoms with E-state index in [1.807, 2.05) is 0 Å². The molecular formula is C21H25FN4O4S2. The minimum atomic E-state index is -4.14. The van der Waals surface area contributed by atoms with Crippen LogP contribution < -0.4 is 4.72 Å². The van der Waals surface area contributed by atoms with Gasteiger partial charge in [-0.05, 0) is 30.3 Å². The van der Waals surface area contributed by atoms with Gasteiger partial charge in [-0.25, -0.2) is 26.2 Å². The fourth-order valence-corrected chi connectivity index (χ4v) is 5.98. The zero-order valence-electron chi connectivity index (χ0n) is 17.9. The molecule has 0 aliphatic heterocycles. The molecule has 3 aromatic rings. The maximum absolute atomic E-state index is 14.5. The standard InChI is InChI=1S/C21H25FN4O4S2/c1-4-26(5-2)32(29,30)17-12-10-16(11-13-17)31(27,28)24-20(21-23-14-15-25(21)3)18-8-6-7-9-19(18)22/h6-15,20,24H,4-5H2,1-3H3/t20-/m1/s1. The molecule has 0 saturated carbocycles. The van der Waals surface area contributed by atoms with Gasteiger partial charge in [-0.3, -0.25) is 0 Å². The number of halogens is 1.